The molecule has 0 aliphatic carbocycles. The van der Waals surface area contributed by atoms with Crippen molar-refractivity contribution in [3.8, 4) is 0 Å². The van der Waals surface area contributed by atoms with Crippen LogP contribution in [0.5, 0.6) is 0 Å². The Morgan fingerprint density at radius 1 is 1.47 bits per heavy atom. The van der Waals surface area contributed by atoms with E-state index in [1.807, 2.05) is 31.2 Å². The second kappa shape index (κ2) is 5.25. The van der Waals surface area contributed by atoms with Crippen LogP contribution in [-0.2, 0) is 4.74 Å². The third-order valence-electron chi connectivity index (χ3n) is 3.22. The van der Waals surface area contributed by atoms with Crippen LogP contribution in [0, 0.1) is 0 Å². The molecule has 1 aliphatic rings. The molecule has 17 heavy (non-hydrogen) atoms. The topological polar surface area (TPSA) is 41.5 Å². The molecule has 2 rings (SSSR count). The molecule has 0 bridgehead atoms. The van der Waals surface area contributed by atoms with Crippen LogP contribution in [-0.4, -0.2) is 30.0 Å². The molecule has 0 saturated carbocycles. The maximum Gasteiger partial charge on any atom is 0.0663 e. The number of halogens is 1. The first kappa shape index (κ1) is 12.7. The van der Waals surface area contributed by atoms with E-state index in [0.29, 0.717) is 11.6 Å². The smallest absolute Gasteiger partial charge is 0.0663 e. The van der Waals surface area contributed by atoms with Gasteiger partial charge in [0.1, 0.15) is 0 Å². The maximum atomic E-state index is 9.63. The maximum absolute atomic E-state index is 9.63. The molecule has 1 saturated heterocycles. The van der Waals surface area contributed by atoms with Crippen LogP contribution in [0.4, 0.5) is 5.69 Å². The van der Waals surface area contributed by atoms with Crippen LogP contribution in [0.15, 0.2) is 24.3 Å². The second-order valence-corrected chi connectivity index (χ2v) is 5.14. The molecule has 4 heteroatoms. The van der Waals surface area contributed by atoms with E-state index in [9.17, 15) is 5.11 Å². The predicted molar refractivity (Wildman–Crippen MR) is 69.5 cm³/mol. The number of nitrogens with one attached hydrogen (secondary N) is 1. The Kier molecular flexibility index (Phi) is 3.92. The molecule has 94 valence electrons. The Hall–Kier alpha value is -0.770. The Labute approximate surface area is 107 Å². The lowest BCUT2D eigenvalue weighted by molar-refractivity contribution is -0.0160. The van der Waals surface area contributed by atoms with Crippen molar-refractivity contribution < 1.29 is 9.84 Å². The van der Waals surface area contributed by atoms with E-state index in [-0.39, 0.29) is 18.2 Å². The predicted octanol–water partition coefficient (Wildman–Crippen LogP) is 2.68. The fraction of sp³-hybridized carbons (Fsp3) is 0.538. The molecule has 2 unspecified atom stereocenters. The van der Waals surface area contributed by atoms with Gasteiger partial charge in [0.05, 0.1) is 18.2 Å². The van der Waals surface area contributed by atoms with Crippen molar-refractivity contribution in [2.24, 2.45) is 0 Å². The highest BCUT2D eigenvalue weighted by Crippen LogP contribution is 2.29. The normalized spacial score (nSPS) is 29.0. The van der Waals surface area contributed by atoms with Gasteiger partial charge in [0.25, 0.3) is 0 Å². The van der Waals surface area contributed by atoms with Gasteiger partial charge in [-0.05, 0) is 44.0 Å². The molecular weight excluding hydrogens is 238 g/mol. The average Bonchev–Trinajstić information content (AvgIpc) is 2.32. The summed E-state index contributed by atoms with van der Waals surface area (Å²) in [6.45, 7) is 2.83. The molecule has 1 aliphatic heterocycles. The summed E-state index contributed by atoms with van der Waals surface area (Å²) in [6, 6.07) is 7.55. The van der Waals surface area contributed by atoms with Gasteiger partial charge in [0.2, 0.25) is 0 Å². The van der Waals surface area contributed by atoms with Crippen molar-refractivity contribution in [3.63, 3.8) is 0 Å². The van der Waals surface area contributed by atoms with Gasteiger partial charge in [0.15, 0.2) is 0 Å². The highest BCUT2D eigenvalue weighted by molar-refractivity contribution is 6.30. The standard InChI is InChI=1S/C13H18ClNO2/c1-10-8-13(9-16,6-7-17-10)15-12-4-2-11(14)3-5-12/h2-5,10,15-16H,6-9H2,1H3. The Morgan fingerprint density at radius 3 is 2.76 bits per heavy atom. The molecule has 3 nitrogen and oxygen atoms in total. The minimum Gasteiger partial charge on any atom is -0.394 e. The number of anilines is 1. The van der Waals surface area contributed by atoms with Gasteiger partial charge in [-0.15, -0.1) is 0 Å². The zero-order valence-corrected chi connectivity index (χ0v) is 10.7. The van der Waals surface area contributed by atoms with Crippen LogP contribution in [0.3, 0.4) is 0 Å². The number of aliphatic hydroxyl groups excluding tert-OH is 1. The summed E-state index contributed by atoms with van der Waals surface area (Å²) in [5.74, 6) is 0. The summed E-state index contributed by atoms with van der Waals surface area (Å²) in [5.41, 5.74) is 0.712. The van der Waals surface area contributed by atoms with Crippen LogP contribution >= 0.6 is 11.6 Å². The SMILES string of the molecule is CC1CC(CO)(Nc2ccc(Cl)cc2)CCO1. The molecule has 1 fully saturated rings. The summed E-state index contributed by atoms with van der Waals surface area (Å²) in [4.78, 5) is 0. The van der Waals surface area contributed by atoms with Gasteiger partial charge in [-0.1, -0.05) is 11.6 Å². The number of rotatable bonds is 3. The highest BCUT2D eigenvalue weighted by Gasteiger charge is 2.34. The van der Waals surface area contributed by atoms with E-state index >= 15 is 0 Å². The van der Waals surface area contributed by atoms with E-state index in [0.717, 1.165) is 18.5 Å². The minimum atomic E-state index is -0.272. The van der Waals surface area contributed by atoms with Gasteiger partial charge < -0.3 is 15.2 Å². The summed E-state index contributed by atoms with van der Waals surface area (Å²) in [7, 11) is 0. The lowest BCUT2D eigenvalue weighted by Crippen LogP contribution is -2.49. The number of ether oxygens (including phenoxy) is 1. The fourth-order valence-electron chi connectivity index (χ4n) is 2.30. The quantitative estimate of drug-likeness (QED) is 0.873. The first-order valence-electron chi connectivity index (χ1n) is 5.90. The van der Waals surface area contributed by atoms with Crippen LogP contribution in [0.2, 0.25) is 5.02 Å². The van der Waals surface area contributed by atoms with Gasteiger partial charge >= 0.3 is 0 Å². The molecule has 1 heterocycles. The molecule has 2 N–H and O–H groups in total. The number of aliphatic hydroxyl groups is 1. The third kappa shape index (κ3) is 3.12. The highest BCUT2D eigenvalue weighted by atomic mass is 35.5. The second-order valence-electron chi connectivity index (χ2n) is 4.71. The van der Waals surface area contributed by atoms with Crippen LogP contribution in [0.25, 0.3) is 0 Å². The lowest BCUT2D eigenvalue weighted by atomic mass is 9.87. The largest absolute Gasteiger partial charge is 0.394 e. The van der Waals surface area contributed by atoms with E-state index in [1.165, 1.54) is 0 Å². The average molecular weight is 256 g/mol. The van der Waals surface area contributed by atoms with Gasteiger partial charge in [-0.2, -0.15) is 0 Å². The summed E-state index contributed by atoms with van der Waals surface area (Å²) < 4.78 is 5.52. The first-order chi connectivity index (χ1) is 8.13. The van der Waals surface area contributed by atoms with Crippen molar-refractivity contribution in [1.29, 1.82) is 0 Å². The monoisotopic (exact) mass is 255 g/mol. The Balaban J connectivity index is 2.10. The zero-order chi connectivity index (χ0) is 12.3. The van der Waals surface area contributed by atoms with Crippen molar-refractivity contribution in [2.45, 2.75) is 31.4 Å². The number of hydrogen-bond acceptors (Lipinski definition) is 3. The zero-order valence-electron chi connectivity index (χ0n) is 9.95. The van der Waals surface area contributed by atoms with Crippen LogP contribution in [0.1, 0.15) is 19.8 Å². The summed E-state index contributed by atoms with van der Waals surface area (Å²) in [6.07, 6.45) is 1.80. The fourth-order valence-corrected chi connectivity index (χ4v) is 2.43. The third-order valence-corrected chi connectivity index (χ3v) is 3.47. The van der Waals surface area contributed by atoms with E-state index in [4.69, 9.17) is 16.3 Å². The Bertz CT molecular complexity index is 368. The van der Waals surface area contributed by atoms with E-state index < -0.39 is 0 Å². The molecule has 0 radical (unpaired) electrons. The van der Waals surface area contributed by atoms with E-state index in [2.05, 4.69) is 5.32 Å². The van der Waals surface area contributed by atoms with Crippen molar-refractivity contribution in [1.82, 2.24) is 0 Å². The molecule has 0 spiro atoms. The lowest BCUT2D eigenvalue weighted by Gasteiger charge is -2.40. The number of hydrogen-bond donors (Lipinski definition) is 2. The molecular formula is C13H18ClNO2. The molecule has 2 atom stereocenters. The minimum absolute atomic E-state index is 0.114. The Morgan fingerprint density at radius 2 is 2.18 bits per heavy atom. The molecule has 0 aromatic heterocycles. The van der Waals surface area contributed by atoms with Crippen molar-refractivity contribution in [2.75, 3.05) is 18.5 Å². The van der Waals surface area contributed by atoms with Gasteiger partial charge in [0, 0.05) is 17.3 Å². The summed E-state index contributed by atoms with van der Waals surface area (Å²) >= 11 is 5.85. The summed E-state index contributed by atoms with van der Waals surface area (Å²) in [5, 5.41) is 13.8. The van der Waals surface area contributed by atoms with Gasteiger partial charge in [-0.3, -0.25) is 0 Å². The first-order valence-corrected chi connectivity index (χ1v) is 6.28. The number of benzene rings is 1. The van der Waals surface area contributed by atoms with Crippen molar-refractivity contribution in [3.05, 3.63) is 29.3 Å². The van der Waals surface area contributed by atoms with E-state index in [1.54, 1.807) is 0 Å². The van der Waals surface area contributed by atoms with Gasteiger partial charge in [-0.25, -0.2) is 0 Å². The van der Waals surface area contributed by atoms with Crippen LogP contribution < -0.4 is 5.32 Å². The molecule has 1 aromatic rings. The molecule has 0 amide bonds. The van der Waals surface area contributed by atoms with Crippen molar-refractivity contribution >= 4 is 17.3 Å². The molecule has 1 aromatic carbocycles.